The summed E-state index contributed by atoms with van der Waals surface area (Å²) in [6.45, 7) is 0. The molecule has 2 nitrogen and oxygen atoms in total. The van der Waals surface area contributed by atoms with Gasteiger partial charge in [0.15, 0.2) is 11.2 Å². The van der Waals surface area contributed by atoms with Gasteiger partial charge in [0.05, 0.1) is 0 Å². The zero-order valence-corrected chi connectivity index (χ0v) is 26.1. The Bertz CT molecular complexity index is 2100. The lowest BCUT2D eigenvalue weighted by Gasteiger charge is -2.25. The molecule has 0 radical (unpaired) electrons. The number of benzene rings is 6. The Hall–Kier alpha value is -6.52. The van der Waals surface area contributed by atoms with E-state index in [1.54, 1.807) is 0 Å². The van der Waals surface area contributed by atoms with Crippen LogP contribution in [0.15, 0.2) is 170 Å². The van der Waals surface area contributed by atoms with Crippen LogP contribution in [0.25, 0.3) is 0 Å². The molecule has 2 unspecified atom stereocenters. The van der Waals surface area contributed by atoms with Gasteiger partial charge < -0.3 is 10.2 Å². The van der Waals surface area contributed by atoms with Crippen molar-refractivity contribution in [2.24, 2.45) is 0 Å². The van der Waals surface area contributed by atoms with Gasteiger partial charge in [0, 0.05) is 44.5 Å². The summed E-state index contributed by atoms with van der Waals surface area (Å²) in [6.07, 6.45) is 0. The first-order valence-electron chi connectivity index (χ1n) is 15.5. The zero-order chi connectivity index (χ0) is 33.1. The standard InChI is InChI=1S/C46H30O2/c47-45(41-25-9-3-10-26-41,43-29-15-13-23-39(43)33-31-37-19-5-1-6-20-37)35-17-18-36-46(48,42-27-11-4-12-28-42)44-30-16-14-24-40(44)34-32-38-21-7-2-8-22-38/h1-16,19-30,47-48H. The third kappa shape index (κ3) is 7.14. The Labute approximate surface area is 282 Å². The number of aliphatic hydroxyl groups is 2. The quantitative estimate of drug-likeness (QED) is 0.200. The second-order valence-corrected chi connectivity index (χ2v) is 11.0. The van der Waals surface area contributed by atoms with Crippen molar-refractivity contribution < 1.29 is 10.2 Å². The number of hydrogen-bond donors (Lipinski definition) is 2. The van der Waals surface area contributed by atoms with E-state index in [0.717, 1.165) is 11.1 Å². The van der Waals surface area contributed by atoms with E-state index >= 15 is 0 Å². The van der Waals surface area contributed by atoms with E-state index in [2.05, 4.69) is 47.4 Å². The van der Waals surface area contributed by atoms with Crippen LogP contribution in [0, 0.1) is 47.4 Å². The van der Waals surface area contributed by atoms with Gasteiger partial charge in [-0.15, -0.1) is 0 Å². The van der Waals surface area contributed by atoms with E-state index < -0.39 is 11.2 Å². The average Bonchev–Trinajstić information content (AvgIpc) is 3.16. The molecule has 0 aliphatic heterocycles. The van der Waals surface area contributed by atoms with Crippen molar-refractivity contribution in [1.82, 2.24) is 0 Å². The second kappa shape index (κ2) is 14.7. The Kier molecular flexibility index (Phi) is 9.65. The molecule has 2 atom stereocenters. The van der Waals surface area contributed by atoms with Gasteiger partial charge >= 0.3 is 0 Å². The van der Waals surface area contributed by atoms with Crippen molar-refractivity contribution in [3.8, 4) is 47.4 Å². The largest absolute Gasteiger partial charge is 0.369 e. The fourth-order valence-electron chi connectivity index (χ4n) is 5.33. The summed E-state index contributed by atoms with van der Waals surface area (Å²) in [6, 6.07) is 52.7. The molecule has 0 spiro atoms. The molecule has 0 heterocycles. The van der Waals surface area contributed by atoms with Crippen LogP contribution in [-0.2, 0) is 11.2 Å². The van der Waals surface area contributed by atoms with E-state index in [9.17, 15) is 10.2 Å². The third-order valence-electron chi connectivity index (χ3n) is 7.80. The van der Waals surface area contributed by atoms with E-state index in [1.807, 2.05) is 170 Å². The van der Waals surface area contributed by atoms with E-state index in [4.69, 9.17) is 0 Å². The van der Waals surface area contributed by atoms with E-state index in [0.29, 0.717) is 33.4 Å². The molecule has 226 valence electrons. The van der Waals surface area contributed by atoms with Crippen molar-refractivity contribution in [1.29, 1.82) is 0 Å². The Morgan fingerprint density at radius 1 is 0.333 bits per heavy atom. The molecule has 6 aromatic rings. The molecule has 2 N–H and O–H groups in total. The van der Waals surface area contributed by atoms with E-state index in [-0.39, 0.29) is 0 Å². The van der Waals surface area contributed by atoms with Gasteiger partial charge in [0.2, 0.25) is 0 Å². The number of hydrogen-bond acceptors (Lipinski definition) is 2. The SMILES string of the molecule is OC(C#CC#CC(O)(c1ccccc1)c1ccccc1C#Cc1ccccc1)(c1ccccc1)c1ccccc1C#Cc1ccccc1. The van der Waals surface area contributed by atoms with Crippen molar-refractivity contribution >= 4 is 0 Å². The highest BCUT2D eigenvalue weighted by molar-refractivity contribution is 5.58. The molecule has 2 heteroatoms. The lowest BCUT2D eigenvalue weighted by molar-refractivity contribution is 0.144. The predicted molar refractivity (Wildman–Crippen MR) is 192 cm³/mol. The lowest BCUT2D eigenvalue weighted by Crippen LogP contribution is -2.27. The van der Waals surface area contributed by atoms with Crippen LogP contribution in [0.3, 0.4) is 0 Å². The smallest absolute Gasteiger partial charge is 0.179 e. The average molecular weight is 615 g/mol. The zero-order valence-electron chi connectivity index (χ0n) is 26.1. The van der Waals surface area contributed by atoms with Crippen molar-refractivity contribution in [2.75, 3.05) is 0 Å². The van der Waals surface area contributed by atoms with E-state index in [1.165, 1.54) is 0 Å². The Morgan fingerprint density at radius 3 is 1.02 bits per heavy atom. The van der Waals surface area contributed by atoms with Crippen molar-refractivity contribution in [2.45, 2.75) is 11.2 Å². The van der Waals surface area contributed by atoms with Crippen LogP contribution in [0.1, 0.15) is 44.5 Å². The molecule has 48 heavy (non-hydrogen) atoms. The van der Waals surface area contributed by atoms with Crippen LogP contribution < -0.4 is 0 Å². The van der Waals surface area contributed by atoms with Crippen LogP contribution in [0.2, 0.25) is 0 Å². The minimum atomic E-state index is -1.73. The molecule has 6 rings (SSSR count). The number of rotatable bonds is 4. The summed E-state index contributed by atoms with van der Waals surface area (Å²) in [5.74, 6) is 24.7. The van der Waals surface area contributed by atoms with Gasteiger partial charge in [-0.05, 0) is 60.1 Å². The molecular formula is C46H30O2. The van der Waals surface area contributed by atoms with Crippen LogP contribution in [0.4, 0.5) is 0 Å². The molecule has 0 bridgehead atoms. The Balaban J connectivity index is 1.46. The maximum atomic E-state index is 12.3. The Morgan fingerprint density at radius 2 is 0.646 bits per heavy atom. The van der Waals surface area contributed by atoms with Gasteiger partial charge in [-0.1, -0.05) is 157 Å². The highest BCUT2D eigenvalue weighted by Gasteiger charge is 2.33. The summed E-state index contributed by atoms with van der Waals surface area (Å²) in [5.41, 5.74) is 1.76. The van der Waals surface area contributed by atoms with Gasteiger partial charge in [-0.2, -0.15) is 0 Å². The summed E-state index contributed by atoms with van der Waals surface area (Å²) >= 11 is 0. The lowest BCUT2D eigenvalue weighted by atomic mass is 9.83. The third-order valence-corrected chi connectivity index (χ3v) is 7.80. The minimum absolute atomic E-state index is 0.536. The summed E-state index contributed by atoms with van der Waals surface area (Å²) in [4.78, 5) is 0. The molecular weight excluding hydrogens is 585 g/mol. The first kappa shape index (κ1) is 31.5. The molecule has 0 aliphatic rings. The monoisotopic (exact) mass is 614 g/mol. The fraction of sp³-hybridized carbons (Fsp3) is 0.0435. The first-order chi connectivity index (χ1) is 23.6. The van der Waals surface area contributed by atoms with Crippen molar-refractivity contribution in [3.63, 3.8) is 0 Å². The highest BCUT2D eigenvalue weighted by atomic mass is 16.3. The summed E-state index contributed by atoms with van der Waals surface area (Å²) in [5, 5.41) is 24.7. The van der Waals surface area contributed by atoms with Gasteiger partial charge in [-0.3, -0.25) is 0 Å². The minimum Gasteiger partial charge on any atom is -0.369 e. The molecule has 6 aromatic carbocycles. The topological polar surface area (TPSA) is 40.5 Å². The molecule has 0 saturated heterocycles. The molecule has 0 fully saturated rings. The highest BCUT2D eigenvalue weighted by Crippen LogP contribution is 2.33. The summed E-state index contributed by atoms with van der Waals surface area (Å²) in [7, 11) is 0. The summed E-state index contributed by atoms with van der Waals surface area (Å²) < 4.78 is 0. The maximum Gasteiger partial charge on any atom is 0.179 e. The fourth-order valence-corrected chi connectivity index (χ4v) is 5.33. The normalized spacial score (nSPS) is 12.5. The van der Waals surface area contributed by atoms with Gasteiger partial charge in [0.1, 0.15) is 0 Å². The van der Waals surface area contributed by atoms with Gasteiger partial charge in [-0.25, -0.2) is 0 Å². The van der Waals surface area contributed by atoms with Crippen LogP contribution in [-0.4, -0.2) is 10.2 Å². The second-order valence-electron chi connectivity index (χ2n) is 11.0. The molecule has 0 aliphatic carbocycles. The molecule has 0 amide bonds. The molecule has 0 saturated carbocycles. The van der Waals surface area contributed by atoms with Gasteiger partial charge in [0.25, 0.3) is 0 Å². The van der Waals surface area contributed by atoms with Crippen LogP contribution >= 0.6 is 0 Å². The van der Waals surface area contributed by atoms with Crippen molar-refractivity contribution in [3.05, 3.63) is 214 Å². The molecule has 0 aromatic heterocycles. The first-order valence-corrected chi connectivity index (χ1v) is 15.5. The maximum absolute atomic E-state index is 12.3. The van der Waals surface area contributed by atoms with Crippen LogP contribution in [0.5, 0.6) is 0 Å². The predicted octanol–water partition coefficient (Wildman–Crippen LogP) is 7.67.